The van der Waals surface area contributed by atoms with E-state index >= 15 is 0 Å². The highest BCUT2D eigenvalue weighted by Gasteiger charge is 2.41. The number of hydrogen-bond donors (Lipinski definition) is 0. The van der Waals surface area contributed by atoms with Crippen LogP contribution in [0, 0.1) is 0 Å². The minimum Gasteiger partial charge on any atom is -0.228 e. The maximum atomic E-state index is 5.32. The van der Waals surface area contributed by atoms with Gasteiger partial charge in [0.2, 0.25) is 0 Å². The number of nitrogens with zero attached hydrogens (tertiary/aromatic N) is 4. The van der Waals surface area contributed by atoms with Gasteiger partial charge in [-0.05, 0) is 28.1 Å². The molecule has 0 fully saturated rings. The second-order valence-corrected chi connectivity index (χ2v) is 16.2. The van der Waals surface area contributed by atoms with Crippen molar-refractivity contribution in [2.75, 3.05) is 0 Å². The highest BCUT2D eigenvalue weighted by Crippen LogP contribution is 2.34. The summed E-state index contributed by atoms with van der Waals surface area (Å²) in [4.78, 5) is 20.6. The van der Waals surface area contributed by atoms with Gasteiger partial charge < -0.3 is 0 Å². The van der Waals surface area contributed by atoms with Crippen LogP contribution < -0.4 is 10.4 Å². The highest BCUT2D eigenvalue weighted by atomic mass is 28.3. The molecule has 1 aliphatic heterocycles. The molecule has 0 N–H and O–H groups in total. The molecule has 0 spiro atoms. The van der Waals surface area contributed by atoms with E-state index in [1.54, 1.807) is 0 Å². The number of rotatable bonds is 5. The van der Waals surface area contributed by atoms with Crippen molar-refractivity contribution in [3.63, 3.8) is 0 Å². The Morgan fingerprint density at radius 2 is 0.911 bits per heavy atom. The van der Waals surface area contributed by atoms with Crippen LogP contribution in [0.4, 0.5) is 0 Å². The first-order chi connectivity index (χ1) is 22.1. The van der Waals surface area contributed by atoms with Crippen LogP contribution >= 0.6 is 0 Å². The summed E-state index contributed by atoms with van der Waals surface area (Å²) >= 11 is 0. The van der Waals surface area contributed by atoms with Crippen molar-refractivity contribution in [2.24, 2.45) is 0 Å². The summed E-state index contributed by atoms with van der Waals surface area (Å²) in [6.07, 6.45) is 0. The minimum atomic E-state index is -2.02. The summed E-state index contributed by atoms with van der Waals surface area (Å²) in [7, 11) is -2.02. The average molecular weight is 595 g/mol. The first-order valence-corrected chi connectivity index (χ1v) is 18.2. The summed E-state index contributed by atoms with van der Waals surface area (Å²) in [5, 5.41) is 2.73. The smallest absolute Gasteiger partial charge is 0.160 e. The van der Waals surface area contributed by atoms with Gasteiger partial charge >= 0.3 is 0 Å². The fraction of sp³-hybridized carbons (Fsp3) is 0.0500. The molecule has 8 rings (SSSR count). The Hall–Kier alpha value is -5.52. The Balaban J connectivity index is 1.31. The molecule has 0 unspecified atom stereocenters. The molecular formula is C40H30N4Si. The molecule has 5 aromatic carbocycles. The molecule has 0 saturated carbocycles. The van der Waals surface area contributed by atoms with Gasteiger partial charge in [0.05, 0.1) is 22.8 Å². The topological polar surface area (TPSA) is 51.6 Å². The van der Waals surface area contributed by atoms with Crippen LogP contribution in [0.5, 0.6) is 0 Å². The molecule has 7 aromatic rings. The standard InChI is InChI=1S/C40H30N4Si/c1-45(2)35-24-13-12-23-32(35)37-38(45)36(28-17-8-4-9-18-28)43-40(44-37)31-22-14-21-30(25-31)34-26-33(27-15-6-3-7-16-27)41-39(42-34)29-19-10-5-11-20-29/h3-26H,1-2H3. The van der Waals surface area contributed by atoms with Crippen LogP contribution in [0.2, 0.25) is 13.1 Å². The Bertz CT molecular complexity index is 2120. The Labute approximate surface area is 264 Å². The molecule has 214 valence electrons. The maximum absolute atomic E-state index is 5.32. The van der Waals surface area contributed by atoms with Crippen LogP contribution in [0.3, 0.4) is 0 Å². The average Bonchev–Trinajstić information content (AvgIpc) is 3.35. The Morgan fingerprint density at radius 3 is 1.62 bits per heavy atom. The Kier molecular flexibility index (Phi) is 6.54. The van der Waals surface area contributed by atoms with Crippen LogP contribution in [-0.2, 0) is 0 Å². The Morgan fingerprint density at radius 1 is 0.400 bits per heavy atom. The van der Waals surface area contributed by atoms with Gasteiger partial charge in [-0.2, -0.15) is 0 Å². The van der Waals surface area contributed by atoms with E-state index in [0.717, 1.165) is 56.4 Å². The van der Waals surface area contributed by atoms with Gasteiger partial charge in [-0.1, -0.05) is 147 Å². The second-order valence-electron chi connectivity index (χ2n) is 11.9. The van der Waals surface area contributed by atoms with E-state index < -0.39 is 8.07 Å². The fourth-order valence-electron chi connectivity index (χ4n) is 6.44. The zero-order chi connectivity index (χ0) is 30.4. The van der Waals surface area contributed by atoms with Crippen LogP contribution in [0.1, 0.15) is 0 Å². The van der Waals surface area contributed by atoms with E-state index in [-0.39, 0.29) is 0 Å². The number of hydrogen-bond acceptors (Lipinski definition) is 4. The monoisotopic (exact) mass is 594 g/mol. The fourth-order valence-corrected chi connectivity index (χ4v) is 9.67. The third-order valence-electron chi connectivity index (χ3n) is 8.68. The molecule has 0 saturated heterocycles. The molecule has 0 amide bonds. The van der Waals surface area contributed by atoms with Gasteiger partial charge in [0.1, 0.15) is 8.07 Å². The highest BCUT2D eigenvalue weighted by molar-refractivity contribution is 7.04. The van der Waals surface area contributed by atoms with Gasteiger partial charge in [-0.3, -0.25) is 0 Å². The molecule has 45 heavy (non-hydrogen) atoms. The van der Waals surface area contributed by atoms with Crippen LogP contribution in [0.15, 0.2) is 146 Å². The maximum Gasteiger partial charge on any atom is 0.160 e. The quantitative estimate of drug-likeness (QED) is 0.188. The molecule has 2 aromatic heterocycles. The molecule has 3 heterocycles. The van der Waals surface area contributed by atoms with Gasteiger partial charge in [-0.15, -0.1) is 0 Å². The third kappa shape index (κ3) is 4.78. The first kappa shape index (κ1) is 27.1. The lowest BCUT2D eigenvalue weighted by Gasteiger charge is -2.21. The summed E-state index contributed by atoms with van der Waals surface area (Å²) in [6, 6.07) is 50.3. The molecule has 4 nitrogen and oxygen atoms in total. The van der Waals surface area contributed by atoms with E-state index in [9.17, 15) is 0 Å². The van der Waals surface area contributed by atoms with Crippen LogP contribution in [-0.4, -0.2) is 28.0 Å². The van der Waals surface area contributed by atoms with Crippen molar-refractivity contribution in [2.45, 2.75) is 13.1 Å². The predicted molar refractivity (Wildman–Crippen MR) is 187 cm³/mol. The third-order valence-corrected chi connectivity index (χ3v) is 12.2. The molecule has 1 aliphatic rings. The molecule has 0 atom stereocenters. The zero-order valence-corrected chi connectivity index (χ0v) is 26.1. The van der Waals surface area contributed by atoms with Gasteiger partial charge in [0.15, 0.2) is 11.6 Å². The van der Waals surface area contributed by atoms with Crippen molar-refractivity contribution in [1.29, 1.82) is 0 Å². The number of aromatic nitrogens is 4. The second kappa shape index (κ2) is 10.9. The van der Waals surface area contributed by atoms with Crippen molar-refractivity contribution in [3.05, 3.63) is 146 Å². The molecule has 5 heteroatoms. The number of benzene rings is 5. The summed E-state index contributed by atoms with van der Waals surface area (Å²) in [5.74, 6) is 1.41. The van der Waals surface area contributed by atoms with E-state index in [2.05, 4.69) is 122 Å². The molecule has 0 bridgehead atoms. The van der Waals surface area contributed by atoms with Gasteiger partial charge in [0.25, 0.3) is 0 Å². The van der Waals surface area contributed by atoms with Gasteiger partial charge in [0, 0.05) is 27.8 Å². The van der Waals surface area contributed by atoms with E-state index in [4.69, 9.17) is 19.9 Å². The lowest BCUT2D eigenvalue weighted by Crippen LogP contribution is -2.50. The molecule has 0 aliphatic carbocycles. The summed E-state index contributed by atoms with van der Waals surface area (Å²) in [6.45, 7) is 4.83. The van der Waals surface area contributed by atoms with Crippen molar-refractivity contribution < 1.29 is 0 Å². The van der Waals surface area contributed by atoms with E-state index in [0.29, 0.717) is 5.82 Å². The van der Waals surface area contributed by atoms with Crippen molar-refractivity contribution >= 4 is 18.4 Å². The molecular weight excluding hydrogens is 565 g/mol. The summed E-state index contributed by atoms with van der Waals surface area (Å²) in [5.41, 5.74) is 10.2. The van der Waals surface area contributed by atoms with E-state index in [1.165, 1.54) is 15.9 Å². The normalized spacial score (nSPS) is 12.8. The van der Waals surface area contributed by atoms with Crippen LogP contribution in [0.25, 0.3) is 67.8 Å². The lowest BCUT2D eigenvalue weighted by atomic mass is 10.0. The zero-order valence-electron chi connectivity index (χ0n) is 25.1. The van der Waals surface area contributed by atoms with Crippen molar-refractivity contribution in [3.8, 4) is 67.8 Å². The summed E-state index contributed by atoms with van der Waals surface area (Å²) < 4.78 is 0. The lowest BCUT2D eigenvalue weighted by molar-refractivity contribution is 1.18. The SMILES string of the molecule is C[Si]1(C)c2ccccc2-c2nc(-c3cccc(-c4cc(-c5ccccc5)nc(-c5ccccc5)n4)c3)nc(-c3ccccc3)c21. The minimum absolute atomic E-state index is 0.696. The first-order valence-electron chi connectivity index (χ1n) is 15.2. The predicted octanol–water partition coefficient (Wildman–Crippen LogP) is 8.40. The van der Waals surface area contributed by atoms with Crippen molar-refractivity contribution in [1.82, 2.24) is 19.9 Å². The van der Waals surface area contributed by atoms with E-state index in [1.807, 2.05) is 36.4 Å². The number of fused-ring (bicyclic) bond motifs is 3. The largest absolute Gasteiger partial charge is 0.228 e. The van der Waals surface area contributed by atoms with Gasteiger partial charge in [-0.25, -0.2) is 19.9 Å². The molecule has 0 radical (unpaired) electrons.